The molecule has 0 unspecified atom stereocenters. The number of rotatable bonds is 7. The maximum Gasteiger partial charge on any atom is 0.355 e. The van der Waals surface area contributed by atoms with Crippen molar-refractivity contribution in [2.24, 2.45) is 5.10 Å². The number of amides is 1. The maximum atomic E-state index is 12.7. The molecule has 1 amide bonds. The Labute approximate surface area is 203 Å². The molecule has 0 spiro atoms. The number of carbonyl (C=O) groups is 2. The molecule has 0 radical (unpaired) electrons. The Morgan fingerprint density at radius 2 is 1.70 bits per heavy atom. The van der Waals surface area contributed by atoms with E-state index < -0.39 is 11.9 Å². The molecule has 33 heavy (non-hydrogen) atoms. The third kappa shape index (κ3) is 5.70. The van der Waals surface area contributed by atoms with Gasteiger partial charge in [-0.25, -0.2) is 10.2 Å². The summed E-state index contributed by atoms with van der Waals surface area (Å²) in [4.78, 5) is 25.0. The highest BCUT2D eigenvalue weighted by Gasteiger charge is 2.19. The van der Waals surface area contributed by atoms with Crippen molar-refractivity contribution in [2.45, 2.75) is 0 Å². The van der Waals surface area contributed by atoms with Crippen molar-refractivity contribution in [3.8, 4) is 11.5 Å². The van der Waals surface area contributed by atoms with Crippen molar-refractivity contribution in [3.05, 3.63) is 93.3 Å². The summed E-state index contributed by atoms with van der Waals surface area (Å²) in [7, 11) is 0. The molecule has 0 bridgehead atoms. The zero-order chi connectivity index (χ0) is 23.2. The molecule has 166 valence electrons. The van der Waals surface area contributed by atoms with Gasteiger partial charge in [-0.1, -0.05) is 53.5 Å². The van der Waals surface area contributed by atoms with Gasteiger partial charge < -0.3 is 9.47 Å². The SMILES string of the molecule is O=C(COc1ccc(Cl)cc1)NN=Cc1ccccc1OC(=O)c1sc2ccccc2c1Cl. The van der Waals surface area contributed by atoms with E-state index in [1.165, 1.54) is 17.6 Å². The largest absolute Gasteiger partial charge is 0.484 e. The van der Waals surface area contributed by atoms with E-state index >= 15 is 0 Å². The number of hydrogen-bond acceptors (Lipinski definition) is 6. The van der Waals surface area contributed by atoms with Gasteiger partial charge in [0.1, 0.15) is 16.4 Å². The number of carbonyl (C=O) groups excluding carboxylic acids is 2. The number of nitrogens with one attached hydrogen (secondary N) is 1. The monoisotopic (exact) mass is 498 g/mol. The topological polar surface area (TPSA) is 77.0 Å². The van der Waals surface area contributed by atoms with Crippen molar-refractivity contribution < 1.29 is 19.1 Å². The number of para-hydroxylation sites is 1. The van der Waals surface area contributed by atoms with Crippen molar-refractivity contribution in [2.75, 3.05) is 6.61 Å². The van der Waals surface area contributed by atoms with Crippen molar-refractivity contribution in [1.82, 2.24) is 5.43 Å². The molecule has 1 N–H and O–H groups in total. The second-order valence-electron chi connectivity index (χ2n) is 6.70. The standard InChI is InChI=1S/C24H16Cl2N2O4S/c25-16-9-11-17(12-10-16)31-14-21(29)28-27-13-15-5-1-3-7-19(15)32-24(30)23-22(26)18-6-2-4-8-20(18)33-23/h1-13H,14H2,(H,28,29). The van der Waals surface area contributed by atoms with Crippen LogP contribution in [0, 0.1) is 0 Å². The Morgan fingerprint density at radius 3 is 2.48 bits per heavy atom. The van der Waals surface area contributed by atoms with Crippen LogP contribution in [0.2, 0.25) is 10.0 Å². The number of thiophene rings is 1. The molecular weight excluding hydrogens is 483 g/mol. The zero-order valence-electron chi connectivity index (χ0n) is 17.0. The first-order valence-electron chi connectivity index (χ1n) is 9.70. The van der Waals surface area contributed by atoms with Gasteiger partial charge in [-0.15, -0.1) is 11.3 Å². The van der Waals surface area contributed by atoms with Gasteiger partial charge >= 0.3 is 5.97 Å². The van der Waals surface area contributed by atoms with E-state index in [-0.39, 0.29) is 12.4 Å². The molecule has 6 nitrogen and oxygen atoms in total. The third-order valence-corrected chi connectivity index (χ3v) is 6.33. The number of halogens is 2. The van der Waals surface area contributed by atoms with Gasteiger partial charge in [0.15, 0.2) is 6.61 Å². The third-order valence-electron chi connectivity index (χ3n) is 4.42. The number of hydrogen-bond donors (Lipinski definition) is 1. The Bertz CT molecular complexity index is 1340. The van der Waals surface area contributed by atoms with Crippen molar-refractivity contribution in [3.63, 3.8) is 0 Å². The molecular formula is C24H16Cl2N2O4S. The first-order chi connectivity index (χ1) is 16.0. The minimum Gasteiger partial charge on any atom is -0.484 e. The molecule has 0 saturated heterocycles. The number of esters is 1. The molecule has 1 heterocycles. The summed E-state index contributed by atoms with van der Waals surface area (Å²) in [5.74, 6) is -0.225. The van der Waals surface area contributed by atoms with Crippen LogP contribution in [0.3, 0.4) is 0 Å². The molecule has 1 aromatic heterocycles. The number of nitrogens with zero attached hydrogens (tertiary/aromatic N) is 1. The van der Waals surface area contributed by atoms with Gasteiger partial charge in [0.05, 0.1) is 11.2 Å². The lowest BCUT2D eigenvalue weighted by molar-refractivity contribution is -0.123. The molecule has 0 atom stereocenters. The van der Waals surface area contributed by atoms with Gasteiger partial charge in [0.25, 0.3) is 5.91 Å². The van der Waals surface area contributed by atoms with E-state index in [1.54, 1.807) is 48.5 Å². The summed E-state index contributed by atoms with van der Waals surface area (Å²) in [6.45, 7) is -0.222. The molecule has 0 aliphatic heterocycles. The lowest BCUT2D eigenvalue weighted by Gasteiger charge is -2.07. The Morgan fingerprint density at radius 1 is 0.970 bits per heavy atom. The lowest BCUT2D eigenvalue weighted by atomic mass is 10.2. The van der Waals surface area contributed by atoms with Crippen LogP contribution in [0.1, 0.15) is 15.2 Å². The van der Waals surface area contributed by atoms with Crippen molar-refractivity contribution in [1.29, 1.82) is 0 Å². The second kappa shape index (κ2) is 10.5. The van der Waals surface area contributed by atoms with Crippen LogP contribution in [0.15, 0.2) is 77.9 Å². The Balaban J connectivity index is 1.39. The zero-order valence-corrected chi connectivity index (χ0v) is 19.3. The average Bonchev–Trinajstić information content (AvgIpc) is 3.16. The first-order valence-corrected chi connectivity index (χ1v) is 11.3. The van der Waals surface area contributed by atoms with Crippen molar-refractivity contribution >= 4 is 62.7 Å². The molecule has 3 aromatic carbocycles. The summed E-state index contributed by atoms with van der Waals surface area (Å²) in [6, 6.07) is 20.9. The van der Waals surface area contributed by atoms with Crippen LogP contribution in [0.5, 0.6) is 11.5 Å². The normalized spacial score (nSPS) is 11.0. The smallest absolute Gasteiger partial charge is 0.355 e. The Hall–Kier alpha value is -3.39. The highest BCUT2D eigenvalue weighted by Crippen LogP contribution is 2.36. The van der Waals surface area contributed by atoms with Crippen LogP contribution in [0.25, 0.3) is 10.1 Å². The molecule has 9 heteroatoms. The maximum absolute atomic E-state index is 12.7. The highest BCUT2D eigenvalue weighted by molar-refractivity contribution is 7.21. The number of hydrazone groups is 1. The lowest BCUT2D eigenvalue weighted by Crippen LogP contribution is -2.24. The first kappa shape index (κ1) is 22.8. The van der Waals surface area contributed by atoms with E-state index in [4.69, 9.17) is 32.7 Å². The predicted octanol–water partition coefficient (Wildman–Crippen LogP) is 5.96. The predicted molar refractivity (Wildman–Crippen MR) is 131 cm³/mol. The Kier molecular flexibility index (Phi) is 7.24. The average molecular weight is 499 g/mol. The van der Waals surface area contributed by atoms with E-state index in [9.17, 15) is 9.59 Å². The molecule has 0 aliphatic carbocycles. The van der Waals surface area contributed by atoms with E-state index in [0.717, 1.165) is 10.1 Å². The summed E-state index contributed by atoms with van der Waals surface area (Å²) in [6.07, 6.45) is 1.38. The minimum atomic E-state index is -0.567. The summed E-state index contributed by atoms with van der Waals surface area (Å²) >= 11 is 13.5. The van der Waals surface area contributed by atoms with Gasteiger partial charge in [0.2, 0.25) is 0 Å². The van der Waals surface area contributed by atoms with E-state index in [0.29, 0.717) is 26.2 Å². The summed E-state index contributed by atoms with van der Waals surface area (Å²) < 4.78 is 11.8. The van der Waals surface area contributed by atoms with Gasteiger partial charge in [0, 0.05) is 20.7 Å². The minimum absolute atomic E-state index is 0.222. The fourth-order valence-corrected chi connectivity index (χ4v) is 4.37. The fourth-order valence-electron chi connectivity index (χ4n) is 2.86. The van der Waals surface area contributed by atoms with Crippen LogP contribution >= 0.6 is 34.5 Å². The molecule has 0 aliphatic rings. The molecule has 0 saturated carbocycles. The molecule has 4 rings (SSSR count). The summed E-state index contributed by atoms with van der Waals surface area (Å²) in [5, 5.41) is 5.66. The number of ether oxygens (including phenoxy) is 2. The quantitative estimate of drug-likeness (QED) is 0.147. The molecule has 0 fully saturated rings. The van der Waals surface area contributed by atoms with Gasteiger partial charge in [-0.2, -0.15) is 5.10 Å². The van der Waals surface area contributed by atoms with Gasteiger partial charge in [-0.3, -0.25) is 4.79 Å². The van der Waals surface area contributed by atoms with Crippen LogP contribution in [-0.2, 0) is 4.79 Å². The molecule has 4 aromatic rings. The second-order valence-corrected chi connectivity index (χ2v) is 8.57. The fraction of sp³-hybridized carbons (Fsp3) is 0.0417. The van der Waals surface area contributed by atoms with Crippen LogP contribution in [0.4, 0.5) is 0 Å². The number of benzene rings is 3. The highest BCUT2D eigenvalue weighted by atomic mass is 35.5. The van der Waals surface area contributed by atoms with Crippen LogP contribution < -0.4 is 14.9 Å². The summed E-state index contributed by atoms with van der Waals surface area (Å²) in [5.41, 5.74) is 2.87. The van der Waals surface area contributed by atoms with E-state index in [1.807, 2.05) is 24.3 Å². The number of fused-ring (bicyclic) bond motifs is 1. The van der Waals surface area contributed by atoms with E-state index in [2.05, 4.69) is 10.5 Å². The van der Waals surface area contributed by atoms with Gasteiger partial charge in [-0.05, 0) is 42.5 Å². The van der Waals surface area contributed by atoms with Crippen LogP contribution in [-0.4, -0.2) is 24.7 Å².